The first-order valence-electron chi connectivity index (χ1n) is 6.44. The smallest absolute Gasteiger partial charge is 0.0957 e. The second kappa shape index (κ2) is 5.11. The fourth-order valence-corrected chi connectivity index (χ4v) is 2.39. The minimum absolute atomic E-state index is 0.184. The van der Waals surface area contributed by atoms with Crippen LogP contribution in [0.5, 0.6) is 0 Å². The van der Waals surface area contributed by atoms with E-state index in [-0.39, 0.29) is 6.04 Å². The van der Waals surface area contributed by atoms with E-state index in [2.05, 4.69) is 64.3 Å². The third-order valence-electron chi connectivity index (χ3n) is 3.26. The van der Waals surface area contributed by atoms with Crippen molar-refractivity contribution in [2.24, 2.45) is 0 Å². The number of hydrogen-bond donors (Lipinski definition) is 0. The maximum Gasteiger partial charge on any atom is 0.0957 e. The average Bonchev–Trinajstić information content (AvgIpc) is 2.88. The molecule has 3 aromatic rings. The highest BCUT2D eigenvalue weighted by Crippen LogP contribution is 2.26. The summed E-state index contributed by atoms with van der Waals surface area (Å²) in [6.45, 7) is 2.02. The molecule has 1 heterocycles. The molecule has 0 atom stereocenters. The summed E-state index contributed by atoms with van der Waals surface area (Å²) in [6, 6.07) is 21.2. The van der Waals surface area contributed by atoms with E-state index in [0.717, 1.165) is 5.69 Å². The van der Waals surface area contributed by atoms with Crippen molar-refractivity contribution >= 4 is 0 Å². The van der Waals surface area contributed by atoms with Gasteiger partial charge in [-0.2, -0.15) is 0 Å². The van der Waals surface area contributed by atoms with Crippen molar-refractivity contribution < 1.29 is 0 Å². The predicted molar refractivity (Wildman–Crippen MR) is 77.1 cm³/mol. The molecular weight excluding hydrogens is 232 g/mol. The Morgan fingerprint density at radius 2 is 1.37 bits per heavy atom. The molecular formula is C17H16N2. The lowest BCUT2D eigenvalue weighted by Crippen LogP contribution is -2.10. The van der Waals surface area contributed by atoms with Crippen LogP contribution in [0.4, 0.5) is 0 Å². The van der Waals surface area contributed by atoms with Gasteiger partial charge in [-0.15, -0.1) is 0 Å². The maximum atomic E-state index is 4.35. The van der Waals surface area contributed by atoms with E-state index in [9.17, 15) is 0 Å². The number of aromatic nitrogens is 2. The Hall–Kier alpha value is -2.35. The van der Waals surface area contributed by atoms with Crippen LogP contribution < -0.4 is 0 Å². The molecule has 0 aliphatic carbocycles. The highest BCUT2D eigenvalue weighted by atomic mass is 15.1. The van der Waals surface area contributed by atoms with Crippen LogP contribution in [-0.4, -0.2) is 9.55 Å². The Labute approximate surface area is 113 Å². The molecule has 0 radical (unpaired) electrons. The van der Waals surface area contributed by atoms with Gasteiger partial charge in [0.1, 0.15) is 0 Å². The van der Waals surface area contributed by atoms with Crippen LogP contribution >= 0.6 is 0 Å². The number of imidazole rings is 1. The molecule has 2 aromatic carbocycles. The van der Waals surface area contributed by atoms with Gasteiger partial charge in [0.2, 0.25) is 0 Å². The van der Waals surface area contributed by atoms with Gasteiger partial charge in [-0.3, -0.25) is 0 Å². The summed E-state index contributed by atoms with van der Waals surface area (Å²) in [4.78, 5) is 4.35. The Bertz CT molecular complexity index is 602. The highest BCUT2D eigenvalue weighted by molar-refractivity contribution is 5.32. The van der Waals surface area contributed by atoms with E-state index in [1.165, 1.54) is 11.1 Å². The third kappa shape index (κ3) is 2.43. The SMILES string of the molecule is Cc1cn(C(c2ccccc2)c2ccccc2)cn1. The minimum atomic E-state index is 0.184. The zero-order valence-electron chi connectivity index (χ0n) is 10.9. The quantitative estimate of drug-likeness (QED) is 0.688. The normalized spacial score (nSPS) is 10.8. The maximum absolute atomic E-state index is 4.35. The van der Waals surface area contributed by atoms with E-state index in [1.54, 1.807) is 0 Å². The van der Waals surface area contributed by atoms with Crippen LogP contribution in [0, 0.1) is 6.92 Å². The van der Waals surface area contributed by atoms with Gasteiger partial charge in [-0.25, -0.2) is 4.98 Å². The molecule has 0 saturated heterocycles. The van der Waals surface area contributed by atoms with Gasteiger partial charge in [0.25, 0.3) is 0 Å². The Morgan fingerprint density at radius 3 is 1.79 bits per heavy atom. The van der Waals surface area contributed by atoms with Gasteiger partial charge >= 0.3 is 0 Å². The van der Waals surface area contributed by atoms with E-state index in [4.69, 9.17) is 0 Å². The van der Waals surface area contributed by atoms with E-state index < -0.39 is 0 Å². The largest absolute Gasteiger partial charge is 0.326 e. The number of aryl methyl sites for hydroxylation is 1. The van der Waals surface area contributed by atoms with Crippen molar-refractivity contribution in [2.75, 3.05) is 0 Å². The van der Waals surface area contributed by atoms with Crippen molar-refractivity contribution in [2.45, 2.75) is 13.0 Å². The molecule has 0 N–H and O–H groups in total. The summed E-state index contributed by atoms with van der Waals surface area (Å²) in [5.74, 6) is 0. The second-order valence-corrected chi connectivity index (χ2v) is 4.69. The molecule has 0 saturated carbocycles. The van der Waals surface area contributed by atoms with Crippen LogP contribution in [0.15, 0.2) is 73.2 Å². The third-order valence-corrected chi connectivity index (χ3v) is 3.26. The Morgan fingerprint density at radius 1 is 0.842 bits per heavy atom. The predicted octanol–water partition coefficient (Wildman–Crippen LogP) is 3.83. The lowest BCUT2D eigenvalue weighted by atomic mass is 9.99. The monoisotopic (exact) mass is 248 g/mol. The van der Waals surface area contributed by atoms with E-state index >= 15 is 0 Å². The number of nitrogens with zero attached hydrogens (tertiary/aromatic N) is 2. The summed E-state index contributed by atoms with van der Waals surface area (Å²) >= 11 is 0. The summed E-state index contributed by atoms with van der Waals surface area (Å²) < 4.78 is 2.17. The van der Waals surface area contributed by atoms with Crippen molar-refractivity contribution in [3.63, 3.8) is 0 Å². The lowest BCUT2D eigenvalue weighted by Gasteiger charge is -2.19. The van der Waals surface area contributed by atoms with Gasteiger partial charge in [0, 0.05) is 6.20 Å². The molecule has 0 aliphatic rings. The molecule has 0 bridgehead atoms. The summed E-state index contributed by atoms with van der Waals surface area (Å²) in [7, 11) is 0. The molecule has 1 aromatic heterocycles. The van der Waals surface area contributed by atoms with Crippen LogP contribution in [0.3, 0.4) is 0 Å². The van der Waals surface area contributed by atoms with Gasteiger partial charge in [0.05, 0.1) is 18.1 Å². The highest BCUT2D eigenvalue weighted by Gasteiger charge is 2.15. The van der Waals surface area contributed by atoms with Crippen molar-refractivity contribution in [1.82, 2.24) is 9.55 Å². The van der Waals surface area contributed by atoms with Crippen LogP contribution in [-0.2, 0) is 0 Å². The van der Waals surface area contributed by atoms with Crippen molar-refractivity contribution in [3.8, 4) is 0 Å². The van der Waals surface area contributed by atoms with Crippen LogP contribution in [0.25, 0.3) is 0 Å². The summed E-state index contributed by atoms with van der Waals surface area (Å²) in [5, 5.41) is 0. The van der Waals surface area contributed by atoms with E-state index in [1.807, 2.05) is 25.4 Å². The first kappa shape index (κ1) is 11.7. The summed E-state index contributed by atoms with van der Waals surface area (Å²) in [6.07, 6.45) is 3.99. The minimum Gasteiger partial charge on any atom is -0.326 e. The molecule has 2 nitrogen and oxygen atoms in total. The first-order valence-corrected chi connectivity index (χ1v) is 6.44. The lowest BCUT2D eigenvalue weighted by molar-refractivity contribution is 0.676. The van der Waals surface area contributed by atoms with Crippen molar-refractivity contribution in [3.05, 3.63) is 90.0 Å². The van der Waals surface area contributed by atoms with E-state index in [0.29, 0.717) is 0 Å². The molecule has 0 unspecified atom stereocenters. The second-order valence-electron chi connectivity index (χ2n) is 4.69. The fourth-order valence-electron chi connectivity index (χ4n) is 2.39. The molecule has 0 fully saturated rings. The molecule has 3 rings (SSSR count). The van der Waals surface area contributed by atoms with Gasteiger partial charge in [-0.1, -0.05) is 60.7 Å². The van der Waals surface area contributed by atoms with Gasteiger partial charge in [-0.05, 0) is 18.1 Å². The fraction of sp³-hybridized carbons (Fsp3) is 0.118. The van der Waals surface area contributed by atoms with Gasteiger partial charge in [0.15, 0.2) is 0 Å². The number of hydrogen-bond acceptors (Lipinski definition) is 1. The Balaban J connectivity index is 2.11. The number of rotatable bonds is 3. The van der Waals surface area contributed by atoms with Crippen LogP contribution in [0.2, 0.25) is 0 Å². The zero-order chi connectivity index (χ0) is 13.1. The average molecular weight is 248 g/mol. The summed E-state index contributed by atoms with van der Waals surface area (Å²) in [5.41, 5.74) is 3.58. The molecule has 0 aliphatic heterocycles. The molecule has 0 spiro atoms. The number of benzene rings is 2. The molecule has 0 amide bonds. The molecule has 2 heteroatoms. The zero-order valence-corrected chi connectivity index (χ0v) is 10.9. The topological polar surface area (TPSA) is 17.8 Å². The molecule has 94 valence electrons. The Kier molecular flexibility index (Phi) is 3.15. The van der Waals surface area contributed by atoms with Crippen molar-refractivity contribution in [1.29, 1.82) is 0 Å². The standard InChI is InChI=1S/C17H16N2/c1-14-12-19(13-18-14)17(15-8-4-2-5-9-15)16-10-6-3-7-11-16/h2-13,17H,1H3. The first-order chi connectivity index (χ1) is 9.34. The molecule has 19 heavy (non-hydrogen) atoms. The van der Waals surface area contributed by atoms with Gasteiger partial charge < -0.3 is 4.57 Å². The van der Waals surface area contributed by atoms with Crippen LogP contribution in [0.1, 0.15) is 22.9 Å².